The van der Waals surface area contributed by atoms with Crippen molar-refractivity contribution in [3.05, 3.63) is 32.6 Å². The maximum atomic E-state index is 11.7. The van der Waals surface area contributed by atoms with E-state index in [1.54, 1.807) is 13.8 Å². The fraction of sp³-hybridized carbons (Fsp3) is 0.500. The Labute approximate surface area is 96.9 Å². The zero-order valence-corrected chi connectivity index (χ0v) is 9.83. The Balaban J connectivity index is 2.99. The monoisotopic (exact) mass is 241 g/mol. The number of rotatable bonds is 3. The average Bonchev–Trinajstić information content (AvgIpc) is 2.15. The molecule has 1 amide bonds. The van der Waals surface area contributed by atoms with Crippen LogP contribution in [-0.2, 0) is 0 Å². The molecule has 1 atom stereocenters. The van der Waals surface area contributed by atoms with Crippen LogP contribution >= 0.6 is 0 Å². The zero-order chi connectivity index (χ0) is 13.2. The van der Waals surface area contributed by atoms with Crippen molar-refractivity contribution >= 4 is 5.91 Å². The highest BCUT2D eigenvalue weighted by Crippen LogP contribution is 2.08. The van der Waals surface area contributed by atoms with Gasteiger partial charge in [0.15, 0.2) is 0 Å². The number of aliphatic hydroxyl groups is 1. The molecule has 1 aromatic heterocycles. The van der Waals surface area contributed by atoms with E-state index in [9.17, 15) is 19.5 Å². The summed E-state index contributed by atoms with van der Waals surface area (Å²) < 4.78 is 0. The first-order valence-corrected chi connectivity index (χ1v) is 5.06. The second-order valence-electron chi connectivity index (χ2n) is 4.34. The molecule has 7 heteroatoms. The number of aliphatic hydroxyl groups excluding tert-OH is 1. The van der Waals surface area contributed by atoms with Crippen LogP contribution in [0.3, 0.4) is 0 Å². The highest BCUT2D eigenvalue weighted by Gasteiger charge is 2.27. The molecule has 0 aliphatic carbocycles. The lowest BCUT2D eigenvalue weighted by Gasteiger charge is -2.29. The maximum Gasteiger partial charge on any atom is 0.325 e. The number of hydrogen-bond acceptors (Lipinski definition) is 4. The van der Waals surface area contributed by atoms with Crippen LogP contribution in [0.1, 0.15) is 31.1 Å². The number of carbonyl (C=O) groups is 1. The minimum absolute atomic E-state index is 0.210. The topological polar surface area (TPSA) is 115 Å². The van der Waals surface area contributed by atoms with E-state index in [1.165, 1.54) is 6.92 Å². The van der Waals surface area contributed by atoms with Crippen molar-refractivity contribution in [2.45, 2.75) is 32.4 Å². The first-order chi connectivity index (χ1) is 7.74. The summed E-state index contributed by atoms with van der Waals surface area (Å²) in [6.45, 7) is 4.77. The molecule has 0 bridgehead atoms. The molecule has 1 heterocycles. The fourth-order valence-corrected chi connectivity index (χ4v) is 1.04. The molecule has 1 rings (SSSR count). The highest BCUT2D eigenvalue weighted by atomic mass is 16.3. The summed E-state index contributed by atoms with van der Waals surface area (Å²) in [5.74, 6) is -0.659. The third kappa shape index (κ3) is 3.04. The minimum atomic E-state index is -0.875. The van der Waals surface area contributed by atoms with Gasteiger partial charge >= 0.3 is 5.69 Å². The van der Waals surface area contributed by atoms with Crippen molar-refractivity contribution in [1.82, 2.24) is 15.3 Å². The summed E-state index contributed by atoms with van der Waals surface area (Å²) in [6.07, 6.45) is 0.252. The summed E-state index contributed by atoms with van der Waals surface area (Å²) in [5, 5.41) is 11.9. The molecule has 7 nitrogen and oxygen atoms in total. The summed E-state index contributed by atoms with van der Waals surface area (Å²) in [7, 11) is 0. The van der Waals surface area contributed by atoms with Crippen molar-refractivity contribution in [3.8, 4) is 0 Å². The zero-order valence-electron chi connectivity index (χ0n) is 9.83. The van der Waals surface area contributed by atoms with Gasteiger partial charge in [-0.05, 0) is 20.8 Å². The largest absolute Gasteiger partial charge is 0.391 e. The third-order valence-corrected chi connectivity index (χ3v) is 2.54. The van der Waals surface area contributed by atoms with Crippen molar-refractivity contribution in [2.24, 2.45) is 0 Å². The van der Waals surface area contributed by atoms with E-state index in [0.717, 1.165) is 6.20 Å². The number of hydrogen-bond donors (Lipinski definition) is 4. The number of aromatic amines is 2. The number of aromatic nitrogens is 2. The molecule has 94 valence electrons. The second kappa shape index (κ2) is 4.54. The van der Waals surface area contributed by atoms with Crippen molar-refractivity contribution in [3.63, 3.8) is 0 Å². The Hall–Kier alpha value is -1.89. The molecule has 0 aromatic carbocycles. The number of carbonyl (C=O) groups excluding carboxylic acids is 1. The van der Waals surface area contributed by atoms with Gasteiger partial charge in [-0.3, -0.25) is 14.6 Å². The number of amides is 1. The van der Waals surface area contributed by atoms with Gasteiger partial charge in [-0.15, -0.1) is 0 Å². The van der Waals surface area contributed by atoms with Crippen LogP contribution in [0, 0.1) is 0 Å². The van der Waals surface area contributed by atoms with Gasteiger partial charge in [-0.2, -0.15) is 0 Å². The van der Waals surface area contributed by atoms with Gasteiger partial charge in [0.05, 0.1) is 11.6 Å². The van der Waals surface area contributed by atoms with Crippen LogP contribution in [-0.4, -0.2) is 32.6 Å². The van der Waals surface area contributed by atoms with Gasteiger partial charge in [0.1, 0.15) is 5.56 Å². The normalized spacial score (nSPS) is 13.2. The Morgan fingerprint density at radius 1 is 1.47 bits per heavy atom. The molecule has 0 fully saturated rings. The first kappa shape index (κ1) is 13.2. The van der Waals surface area contributed by atoms with E-state index in [0.29, 0.717) is 0 Å². The molecule has 0 spiro atoms. The molecule has 4 N–H and O–H groups in total. The third-order valence-electron chi connectivity index (χ3n) is 2.54. The van der Waals surface area contributed by atoms with Gasteiger partial charge in [-0.25, -0.2) is 4.79 Å². The standard InChI is InChI=1S/C10H15N3O4/c1-5(14)10(2,3)13-8(16)6-4-11-9(17)12-7(6)15/h4-5,14H,1-3H3,(H,13,16)(H2,11,12,15,17). The lowest BCUT2D eigenvalue weighted by atomic mass is 9.98. The summed E-state index contributed by atoms with van der Waals surface area (Å²) in [4.78, 5) is 38.0. The van der Waals surface area contributed by atoms with E-state index in [4.69, 9.17) is 0 Å². The molecule has 0 saturated heterocycles. The molecule has 0 saturated carbocycles. The summed E-state index contributed by atoms with van der Waals surface area (Å²) in [6, 6.07) is 0. The van der Waals surface area contributed by atoms with Gasteiger partial charge in [0.25, 0.3) is 11.5 Å². The number of H-pyrrole nitrogens is 2. The fourth-order valence-electron chi connectivity index (χ4n) is 1.04. The number of nitrogens with one attached hydrogen (secondary N) is 3. The van der Waals surface area contributed by atoms with Crippen LogP contribution in [0.25, 0.3) is 0 Å². The quantitative estimate of drug-likeness (QED) is 0.540. The van der Waals surface area contributed by atoms with Gasteiger partial charge in [-0.1, -0.05) is 0 Å². The van der Waals surface area contributed by atoms with Crippen molar-refractivity contribution in [1.29, 1.82) is 0 Å². The van der Waals surface area contributed by atoms with Crippen LogP contribution in [0.15, 0.2) is 15.8 Å². The Kier molecular flexibility index (Phi) is 3.52. The molecule has 0 aliphatic heterocycles. The molecule has 17 heavy (non-hydrogen) atoms. The van der Waals surface area contributed by atoms with Gasteiger partial charge < -0.3 is 15.4 Å². The van der Waals surface area contributed by atoms with E-state index in [-0.39, 0.29) is 5.56 Å². The van der Waals surface area contributed by atoms with Crippen LogP contribution in [0.2, 0.25) is 0 Å². The maximum absolute atomic E-state index is 11.7. The van der Waals surface area contributed by atoms with Crippen LogP contribution < -0.4 is 16.6 Å². The van der Waals surface area contributed by atoms with E-state index >= 15 is 0 Å². The summed E-state index contributed by atoms with van der Waals surface area (Å²) in [5.41, 5.74) is -2.54. The molecular weight excluding hydrogens is 226 g/mol. The Morgan fingerprint density at radius 3 is 2.53 bits per heavy atom. The molecule has 1 aromatic rings. The van der Waals surface area contributed by atoms with Crippen molar-refractivity contribution in [2.75, 3.05) is 0 Å². The predicted molar refractivity (Wildman–Crippen MR) is 60.9 cm³/mol. The van der Waals surface area contributed by atoms with E-state index in [2.05, 4.69) is 10.3 Å². The van der Waals surface area contributed by atoms with Gasteiger partial charge in [0, 0.05) is 6.20 Å². The second-order valence-corrected chi connectivity index (χ2v) is 4.34. The lowest BCUT2D eigenvalue weighted by molar-refractivity contribution is 0.0708. The van der Waals surface area contributed by atoms with E-state index in [1.807, 2.05) is 4.98 Å². The summed E-state index contributed by atoms with van der Waals surface area (Å²) >= 11 is 0. The lowest BCUT2D eigenvalue weighted by Crippen LogP contribution is -2.52. The molecule has 0 radical (unpaired) electrons. The Morgan fingerprint density at radius 2 is 2.06 bits per heavy atom. The molecule has 1 unspecified atom stereocenters. The first-order valence-electron chi connectivity index (χ1n) is 5.06. The molecule has 0 aliphatic rings. The van der Waals surface area contributed by atoms with E-state index < -0.39 is 28.8 Å². The van der Waals surface area contributed by atoms with Crippen molar-refractivity contribution < 1.29 is 9.90 Å². The molecular formula is C10H15N3O4. The Bertz CT molecular complexity index is 527. The smallest absolute Gasteiger partial charge is 0.325 e. The minimum Gasteiger partial charge on any atom is -0.391 e. The average molecular weight is 241 g/mol. The predicted octanol–water partition coefficient (Wildman–Crippen LogP) is -1.05. The van der Waals surface area contributed by atoms with Crippen LogP contribution in [0.4, 0.5) is 0 Å². The SMILES string of the molecule is CC(O)C(C)(C)NC(=O)c1c[nH]c(=O)[nH]c1=O. The van der Waals surface area contributed by atoms with Crippen LogP contribution in [0.5, 0.6) is 0 Å². The highest BCUT2D eigenvalue weighted by molar-refractivity contribution is 5.93. The van der Waals surface area contributed by atoms with Gasteiger partial charge in [0.2, 0.25) is 0 Å².